The molecule has 0 spiro atoms. The highest BCUT2D eigenvalue weighted by Crippen LogP contribution is 2.36. The van der Waals surface area contributed by atoms with Gasteiger partial charge in [-0.25, -0.2) is 4.79 Å². The van der Waals surface area contributed by atoms with Crippen molar-refractivity contribution in [1.29, 1.82) is 0 Å². The molecule has 0 heterocycles. The number of carbonyl (C=O) groups is 2. The zero-order valence-corrected chi connectivity index (χ0v) is 19.8. The summed E-state index contributed by atoms with van der Waals surface area (Å²) in [6, 6.07) is 0.179. The second kappa shape index (κ2) is 14.4. The van der Waals surface area contributed by atoms with Gasteiger partial charge < -0.3 is 20.3 Å². The summed E-state index contributed by atoms with van der Waals surface area (Å²) in [6.45, 7) is 5.70. The summed E-state index contributed by atoms with van der Waals surface area (Å²) in [5, 5.41) is 23.0. The van der Waals surface area contributed by atoms with Crippen molar-refractivity contribution in [2.45, 2.75) is 96.8 Å². The van der Waals surface area contributed by atoms with E-state index in [4.69, 9.17) is 0 Å². The summed E-state index contributed by atoms with van der Waals surface area (Å²) in [6.07, 6.45) is 18.3. The average molecular weight is 438 g/mol. The zero-order valence-electron chi connectivity index (χ0n) is 19.8. The van der Waals surface area contributed by atoms with E-state index in [9.17, 15) is 19.8 Å². The van der Waals surface area contributed by atoms with E-state index in [2.05, 4.69) is 35.2 Å². The lowest BCUT2D eigenvalue weighted by atomic mass is 9.89. The molecular weight excluding hydrogens is 394 g/mol. The van der Waals surface area contributed by atoms with Gasteiger partial charge in [0.1, 0.15) is 0 Å². The molecule has 3 N–H and O–H groups in total. The molecule has 0 bridgehead atoms. The van der Waals surface area contributed by atoms with E-state index in [-0.39, 0.29) is 11.9 Å². The molecule has 0 radical (unpaired) electrons. The number of hydrogen-bond donors (Lipinski definition) is 3. The molecule has 1 amide bonds. The Morgan fingerprint density at radius 1 is 1.13 bits per heavy atom. The highest BCUT2D eigenvalue weighted by Gasteiger charge is 2.40. The van der Waals surface area contributed by atoms with E-state index in [1.165, 1.54) is 25.7 Å². The minimum Gasteiger partial charge on any atom is -0.465 e. The summed E-state index contributed by atoms with van der Waals surface area (Å²) in [5.74, 6) is -3.34. The molecule has 31 heavy (non-hydrogen) atoms. The molecule has 6 nitrogen and oxygen atoms in total. The first-order valence-corrected chi connectivity index (χ1v) is 11.9. The second-order valence-electron chi connectivity index (χ2n) is 8.78. The number of amides is 1. The molecule has 178 valence electrons. The van der Waals surface area contributed by atoms with Gasteiger partial charge in [0, 0.05) is 24.3 Å². The van der Waals surface area contributed by atoms with Crippen molar-refractivity contribution in [3.05, 3.63) is 24.3 Å². The van der Waals surface area contributed by atoms with Gasteiger partial charge in [-0.05, 0) is 44.4 Å². The van der Waals surface area contributed by atoms with Crippen LogP contribution >= 0.6 is 0 Å². The third-order valence-electron chi connectivity index (χ3n) is 6.38. The van der Waals surface area contributed by atoms with Crippen molar-refractivity contribution in [3.8, 4) is 0 Å². The monoisotopic (exact) mass is 437 g/mol. The fourth-order valence-corrected chi connectivity index (χ4v) is 4.18. The molecule has 0 aliphatic heterocycles. The van der Waals surface area contributed by atoms with Crippen LogP contribution in [0.5, 0.6) is 0 Å². The van der Waals surface area contributed by atoms with Crippen molar-refractivity contribution in [3.63, 3.8) is 0 Å². The highest BCUT2D eigenvalue weighted by molar-refractivity contribution is 5.77. The molecular formula is C25H43NO5. The quantitative estimate of drug-likeness (QED) is 0.163. The molecule has 0 aromatic carbocycles. The number of ether oxygens (including phenoxy) is 1. The van der Waals surface area contributed by atoms with Gasteiger partial charge in [0.05, 0.1) is 7.11 Å². The molecule has 0 aromatic rings. The van der Waals surface area contributed by atoms with Gasteiger partial charge in [-0.3, -0.25) is 4.79 Å². The SMILES string of the molecule is CCCCCC/C=C/[C@@H]1[C@@H](C/C=C\CC(C)C(O)(O)C(=O)OC)CC[C@H]1NC(=O)CC. The van der Waals surface area contributed by atoms with Gasteiger partial charge >= 0.3 is 5.97 Å². The standard InChI is InChI=1S/C25H43NO5/c1-5-7-8-9-10-11-16-21-20(17-18-22(21)26-23(27)6-2)15-13-12-14-19(3)25(29,30)24(28)31-4/h11-13,16,19-22,29-30H,5-10,14-15,17-18H2,1-4H3,(H,26,27)/b13-12-,16-11+/t19?,20-,21+,22+/m0/s1. The van der Waals surface area contributed by atoms with Gasteiger partial charge in [0.2, 0.25) is 5.91 Å². The summed E-state index contributed by atoms with van der Waals surface area (Å²) < 4.78 is 4.45. The molecule has 4 atom stereocenters. The predicted octanol–water partition coefficient (Wildman–Crippen LogP) is 4.26. The van der Waals surface area contributed by atoms with Gasteiger partial charge in [0.25, 0.3) is 5.79 Å². The maximum Gasteiger partial charge on any atom is 0.366 e. The number of hydrogen-bond acceptors (Lipinski definition) is 5. The van der Waals surface area contributed by atoms with Crippen LogP contribution in [0.1, 0.15) is 85.0 Å². The zero-order chi connectivity index (χ0) is 23.3. The van der Waals surface area contributed by atoms with Crippen LogP contribution in [0.15, 0.2) is 24.3 Å². The Bertz CT molecular complexity index is 599. The number of methoxy groups -OCH3 is 1. The molecule has 6 heteroatoms. The van der Waals surface area contributed by atoms with Crippen LogP contribution in [0.3, 0.4) is 0 Å². The number of esters is 1. The first-order chi connectivity index (χ1) is 14.8. The fraction of sp³-hybridized carbons (Fsp3) is 0.760. The maximum atomic E-state index is 11.9. The maximum absolute atomic E-state index is 11.9. The Balaban J connectivity index is 2.65. The minimum atomic E-state index is -2.48. The van der Waals surface area contributed by atoms with E-state index < -0.39 is 17.7 Å². The smallest absolute Gasteiger partial charge is 0.366 e. The third-order valence-corrected chi connectivity index (χ3v) is 6.38. The van der Waals surface area contributed by atoms with Crippen molar-refractivity contribution in [1.82, 2.24) is 5.32 Å². The average Bonchev–Trinajstić information content (AvgIpc) is 3.13. The summed E-state index contributed by atoms with van der Waals surface area (Å²) >= 11 is 0. The number of rotatable bonds is 14. The summed E-state index contributed by atoms with van der Waals surface area (Å²) in [4.78, 5) is 23.4. The minimum absolute atomic E-state index is 0.0985. The predicted molar refractivity (Wildman–Crippen MR) is 123 cm³/mol. The Morgan fingerprint density at radius 3 is 2.52 bits per heavy atom. The van der Waals surface area contributed by atoms with Crippen LogP contribution in [-0.4, -0.2) is 41.0 Å². The third kappa shape index (κ3) is 9.16. The van der Waals surface area contributed by atoms with Gasteiger partial charge in [0.15, 0.2) is 0 Å². The van der Waals surface area contributed by atoms with Crippen LogP contribution in [0.25, 0.3) is 0 Å². The molecule has 1 aliphatic carbocycles. The van der Waals surface area contributed by atoms with Gasteiger partial charge in [-0.15, -0.1) is 0 Å². The number of nitrogens with one attached hydrogen (secondary N) is 1. The van der Waals surface area contributed by atoms with Crippen molar-refractivity contribution in [2.24, 2.45) is 17.8 Å². The van der Waals surface area contributed by atoms with Crippen LogP contribution in [0, 0.1) is 17.8 Å². The normalized spacial score (nSPS) is 22.8. The Morgan fingerprint density at radius 2 is 1.87 bits per heavy atom. The fourth-order valence-electron chi connectivity index (χ4n) is 4.18. The molecule has 1 saturated carbocycles. The lowest BCUT2D eigenvalue weighted by Crippen LogP contribution is -2.45. The Hall–Kier alpha value is -1.66. The largest absolute Gasteiger partial charge is 0.465 e. The lowest BCUT2D eigenvalue weighted by molar-refractivity contribution is -0.222. The number of unbranched alkanes of at least 4 members (excludes halogenated alkanes) is 4. The molecule has 1 rings (SSSR count). The van der Waals surface area contributed by atoms with E-state index >= 15 is 0 Å². The van der Waals surface area contributed by atoms with E-state index in [1.54, 1.807) is 6.92 Å². The molecule has 0 aromatic heterocycles. The molecule has 1 fully saturated rings. The lowest BCUT2D eigenvalue weighted by Gasteiger charge is -2.24. The highest BCUT2D eigenvalue weighted by atomic mass is 16.6. The van der Waals surface area contributed by atoms with Crippen LogP contribution in [0.4, 0.5) is 0 Å². The van der Waals surface area contributed by atoms with Gasteiger partial charge in [-0.2, -0.15) is 0 Å². The van der Waals surface area contributed by atoms with Crippen LogP contribution < -0.4 is 5.32 Å². The second-order valence-corrected chi connectivity index (χ2v) is 8.78. The number of aliphatic hydroxyl groups is 2. The molecule has 1 aliphatic rings. The topological polar surface area (TPSA) is 95.9 Å². The van der Waals surface area contributed by atoms with E-state index in [0.29, 0.717) is 24.7 Å². The van der Waals surface area contributed by atoms with E-state index in [1.807, 2.05) is 13.0 Å². The first kappa shape index (κ1) is 27.4. The molecule has 0 saturated heterocycles. The molecule has 1 unspecified atom stereocenters. The van der Waals surface area contributed by atoms with Crippen molar-refractivity contribution in [2.75, 3.05) is 7.11 Å². The van der Waals surface area contributed by atoms with Crippen LogP contribution in [-0.2, 0) is 14.3 Å². The number of allylic oxidation sites excluding steroid dienone is 3. The summed E-state index contributed by atoms with van der Waals surface area (Å²) in [7, 11) is 1.14. The van der Waals surface area contributed by atoms with E-state index in [0.717, 1.165) is 32.8 Å². The van der Waals surface area contributed by atoms with Crippen molar-refractivity contribution < 1.29 is 24.5 Å². The Labute approximate surface area is 188 Å². The Kier molecular flexibility index (Phi) is 12.7. The van der Waals surface area contributed by atoms with Crippen LogP contribution in [0.2, 0.25) is 0 Å². The van der Waals surface area contributed by atoms with Gasteiger partial charge in [-0.1, -0.05) is 64.3 Å². The van der Waals surface area contributed by atoms with Crippen molar-refractivity contribution >= 4 is 11.9 Å². The number of carbonyl (C=O) groups excluding carboxylic acids is 2. The summed E-state index contributed by atoms with van der Waals surface area (Å²) in [5.41, 5.74) is 0. The first-order valence-electron chi connectivity index (χ1n) is 11.9.